The number of halogens is 1. The van der Waals surface area contributed by atoms with Gasteiger partial charge in [-0.25, -0.2) is 24.0 Å². The van der Waals surface area contributed by atoms with Crippen molar-refractivity contribution < 1.29 is 119 Å². The van der Waals surface area contributed by atoms with Crippen molar-refractivity contribution in [1.29, 1.82) is 0.594 Å². The van der Waals surface area contributed by atoms with Crippen molar-refractivity contribution in [2.24, 2.45) is 5.41 Å². The predicted molar refractivity (Wildman–Crippen MR) is 522 cm³/mol. The number of carbonyl (C=O) groups excluding carboxylic acids is 14. The summed E-state index contributed by atoms with van der Waals surface area (Å²) < 4.78 is 63.6. The number of imide groups is 3. The molecule has 0 saturated carbocycles. The number of hydrogen-bond donors (Lipinski definition) is 3. The molecule has 0 aromatic heterocycles. The van der Waals surface area contributed by atoms with Gasteiger partial charge in [0.15, 0.2) is 0 Å². The minimum Gasteiger partial charge on any atom is 0.146 e. The molecule has 5 fully saturated rings. The van der Waals surface area contributed by atoms with E-state index in [2.05, 4.69) is 21.1 Å². The van der Waals surface area contributed by atoms with E-state index in [9.17, 15) is 71.7 Å². The summed E-state index contributed by atoms with van der Waals surface area (Å²) in [5, 5.41) is 14.3. The normalized spacial score (nSPS) is 16.0. The van der Waals surface area contributed by atoms with Crippen molar-refractivity contribution in [3.8, 4) is 0 Å². The van der Waals surface area contributed by atoms with Crippen LogP contribution in [0.25, 0.3) is 0 Å². The van der Waals surface area contributed by atoms with Crippen LogP contribution in [0.1, 0.15) is 279 Å². The molecule has 8 heterocycles. The number of piperidine rings is 5. The zero-order chi connectivity index (χ0) is 100. The molecular formula is C96H145AlBIN8O25P. The Morgan fingerprint density at radius 3 is 0.992 bits per heavy atom. The summed E-state index contributed by atoms with van der Waals surface area (Å²) in [4.78, 5) is 172. The van der Waals surface area contributed by atoms with Gasteiger partial charge in [0.05, 0.1) is 71.8 Å². The summed E-state index contributed by atoms with van der Waals surface area (Å²) in [7, 11) is -3.28. The van der Waals surface area contributed by atoms with Crippen molar-refractivity contribution in [3.63, 3.8) is 0 Å². The molecule has 0 atom stereocenters. The zero-order valence-corrected chi connectivity index (χ0v) is 87.6. The van der Waals surface area contributed by atoms with Gasteiger partial charge in [-0.3, -0.25) is 62.8 Å². The van der Waals surface area contributed by atoms with Crippen LogP contribution in [0.15, 0.2) is 119 Å². The second-order valence-electron chi connectivity index (χ2n) is 37.0. The maximum Gasteiger partial charge on any atom is 0.146 e. The van der Waals surface area contributed by atoms with Crippen LogP contribution in [-0.2, 0) is 65.9 Å². The SMILES string of the molecule is CC(C)(C)OC(=O)C(C)(C)C.CC(C)(C)OC(=O)N1CCC(=CCN2C(=O)c3ccccc3C2=O)CC1.CC(C)(C)OC(=O)N1CCC(=CCO)CC1.CC(C)(C)OC(=O)N1CCC(=O)CC1.CCOC(=O)C=C1CCN(C(=O)OC(C)(C)C)CC1.CCOC(=O)CP(=O)(OCC)OCC.O=C1NC(=O)c2ccccc21.O=C1c2ccccc2C(=O)N1CC=C1CCNCC1.[2H][IH][B].[AlH2]. The molecule has 0 bridgehead atoms. The van der Waals surface area contributed by atoms with Gasteiger partial charge in [-0.15, -0.1) is 0 Å². The Morgan fingerprint density at radius 1 is 0.429 bits per heavy atom. The molecule has 11 rings (SSSR count). The molecule has 0 spiro atoms. The number of nitrogens with one attached hydrogen (secondary N) is 2. The number of fused-ring (bicyclic) bond motifs is 3. The van der Waals surface area contributed by atoms with Gasteiger partial charge in [0.25, 0.3) is 35.4 Å². The van der Waals surface area contributed by atoms with Gasteiger partial charge in [-0.05, 0) is 253 Å². The quantitative estimate of drug-likeness (QED) is 0.0197. The summed E-state index contributed by atoms with van der Waals surface area (Å²) in [5.74, 6) is -2.22. The second kappa shape index (κ2) is 57.5. The van der Waals surface area contributed by atoms with Crippen LogP contribution >= 0.6 is 29.8 Å². The molecule has 8 aliphatic rings. The van der Waals surface area contributed by atoms with Crippen LogP contribution in [0.2, 0.25) is 0 Å². The predicted octanol–water partition coefficient (Wildman–Crippen LogP) is 14.7. The number of rotatable bonds is 14. The molecule has 133 heavy (non-hydrogen) atoms. The maximum absolute atomic E-state index is 12.4. The summed E-state index contributed by atoms with van der Waals surface area (Å²) in [5.41, 5.74) is 9.67. The summed E-state index contributed by atoms with van der Waals surface area (Å²) in [6, 6.07) is 20.6. The smallest absolute Gasteiger partial charge is 0.146 e. The molecule has 8 aliphatic heterocycles. The first-order valence-corrected chi connectivity index (χ1v) is 47.7. The first kappa shape index (κ1) is 118. The van der Waals surface area contributed by atoms with E-state index in [-0.39, 0.29) is 140 Å². The number of likely N-dealkylation sites (tertiary alicyclic amines) is 4. The summed E-state index contributed by atoms with van der Waals surface area (Å²) >= 11 is -0.780. The van der Waals surface area contributed by atoms with E-state index < -0.39 is 63.6 Å². The molecule has 10 amide bonds. The van der Waals surface area contributed by atoms with Crippen molar-refractivity contribution >= 4 is 136 Å². The molecule has 0 unspecified atom stereocenters. The molecule has 3 N–H and O–H groups in total. The van der Waals surface area contributed by atoms with E-state index in [0.717, 1.165) is 62.8 Å². The van der Waals surface area contributed by atoms with Gasteiger partial charge in [0.2, 0.25) is 0 Å². The number of Topliss-reactive ketones (excluding diaryl/α,β-unsaturated/α-hetero) is 1. The monoisotopic (exact) mass is 2010 g/mol. The van der Waals surface area contributed by atoms with Gasteiger partial charge in [0, 0.05) is 84.4 Å². The van der Waals surface area contributed by atoms with Gasteiger partial charge in [-0.2, -0.15) is 0 Å². The number of ketones is 1. The van der Waals surface area contributed by atoms with Crippen molar-refractivity contribution in [2.75, 3.05) is 118 Å². The fourth-order valence-corrected chi connectivity index (χ4v) is 14.3. The average molecular weight is 2010 g/mol. The number of esters is 3. The van der Waals surface area contributed by atoms with Crippen LogP contribution in [0.4, 0.5) is 19.2 Å². The van der Waals surface area contributed by atoms with E-state index in [1.54, 1.807) is 120 Å². The van der Waals surface area contributed by atoms with Gasteiger partial charge >= 0.3 is 78.3 Å². The molecule has 3 radical (unpaired) electrons. The fourth-order valence-electron chi connectivity index (χ4n) is 12.8. The molecular weight excluding hydrogens is 1860 g/mol. The Labute approximate surface area is 811 Å². The van der Waals surface area contributed by atoms with Crippen LogP contribution in [0.5, 0.6) is 0 Å². The molecule has 33 nitrogen and oxygen atoms in total. The maximum atomic E-state index is 12.4. The Balaban J connectivity index is 0.000000523. The third-order valence-corrected chi connectivity index (χ3v) is 21.1. The molecule has 3 aromatic carbocycles. The van der Waals surface area contributed by atoms with Crippen LogP contribution < -0.4 is 10.6 Å². The Morgan fingerprint density at radius 2 is 0.714 bits per heavy atom. The summed E-state index contributed by atoms with van der Waals surface area (Å²) in [6.07, 6.45) is 13.3. The van der Waals surface area contributed by atoms with E-state index in [0.29, 0.717) is 125 Å². The minimum absolute atomic E-state index is 0. The van der Waals surface area contributed by atoms with Crippen molar-refractivity contribution in [1.82, 2.24) is 40.0 Å². The van der Waals surface area contributed by atoms with Crippen LogP contribution in [-0.4, -0.2) is 287 Å². The zero-order valence-electron chi connectivity index (χ0n) is 83.4. The first-order chi connectivity index (χ1) is 62.1. The first-order valence-electron chi connectivity index (χ1n) is 45.1. The van der Waals surface area contributed by atoms with Crippen LogP contribution in [0, 0.1) is 5.41 Å². The third-order valence-electron chi connectivity index (χ3n) is 19.2. The number of benzene rings is 3. The molecule has 5 saturated heterocycles. The molecule has 737 valence electrons. The number of ether oxygens (including phenoxy) is 7. The van der Waals surface area contributed by atoms with Crippen LogP contribution in [0.3, 0.4) is 0 Å². The number of nitrogens with zero attached hydrogens (tertiary/aromatic N) is 6. The van der Waals surface area contributed by atoms with Gasteiger partial charge in [-0.1, -0.05) is 76.9 Å². The summed E-state index contributed by atoms with van der Waals surface area (Å²) in [6.45, 7) is 48.7. The molecule has 0 aliphatic carbocycles. The Kier molecular flexibility index (Phi) is 50.9. The largest absolute Gasteiger partial charge is 0.146 e. The van der Waals surface area contributed by atoms with Gasteiger partial charge in [0.1, 0.15) is 57.3 Å². The number of hydrogen-bond acceptors (Lipinski definition) is 26. The molecule has 37 heteroatoms. The van der Waals surface area contributed by atoms with E-state index in [1.165, 1.54) is 27.0 Å². The number of amides is 10. The van der Waals surface area contributed by atoms with E-state index in [4.69, 9.17) is 43.2 Å². The number of carbonyl (C=O) groups is 14. The van der Waals surface area contributed by atoms with Gasteiger partial charge < -0.3 is 72.2 Å². The van der Waals surface area contributed by atoms with E-state index in [1.807, 2.05) is 143 Å². The average Bonchev–Trinajstić information content (AvgIpc) is 1.64. The Bertz CT molecular complexity index is 4480. The standard InChI is InChI=1S/C20H24N2O4.C15H16N2O2.C14H23NO4.C12H21NO3.C10H17NO3.C9H18O2.C8H5NO2.C8H17O5P.Al.BH2I.2H/c1-20(2,3)26-19(25)21-11-8-14(9-12-21)10-13-22-17(23)15-6-4-5-7-16(15)18(22)24;18-14-12-3-1-2-4-13(12)15(19)17(14)10-7-11-5-8-16-9-6-11;1-5-18-12(16)10-11-6-8-15(9-7-11)13(17)19-14(2,3)4;1-12(2,3)16-11(15)13-7-4-10(5-8-13)6-9-14;1-10(2,3)14-9(13)11-6-4-8(12)5-7-11;1-8(2,3)7(10)11-9(4,5)6;10-7-5-3-1-2-4-6(5)8(11)9-7;1-4-11-8(9)7-14(10,12-5-2)13-6-3;;1-2;;/h4-7,10H,8-9,11-13H2,1-3H3;1-4,7,16H,5-6,8-10H2;10H,5-9H2,1-4H3;6,14H,4-5,7-9H2,1-3H3;4-7H2,1-3H3;1-6H3;1-4H,(H,9,10,11);4-7H2,1-3H3;;2H2;;/i;;;;;;;;;2D;;. The molecule has 3 aromatic rings. The number of aliphatic hydroxyl groups is 1. The topological polar surface area (TPSA) is 403 Å². The third kappa shape index (κ3) is 45.2. The van der Waals surface area contributed by atoms with E-state index >= 15 is 0 Å². The number of aliphatic hydroxyl groups excluding tert-OH is 1. The van der Waals surface area contributed by atoms with Crippen molar-refractivity contribution in [2.45, 2.75) is 245 Å². The fraction of sp³-hybridized carbons (Fsp3) is 0.583. The van der Waals surface area contributed by atoms with Crippen molar-refractivity contribution in [3.05, 3.63) is 153 Å². The minimum atomic E-state index is -3.28. The second-order valence-corrected chi connectivity index (χ2v) is 39.1. The Hall–Kier alpha value is -9.40.